The van der Waals surface area contributed by atoms with E-state index in [2.05, 4.69) is 10.3 Å². The first-order chi connectivity index (χ1) is 9.11. The minimum Gasteiger partial charge on any atom is -0.493 e. The molecular formula is C14H19N3O2. The van der Waals surface area contributed by atoms with E-state index in [1.54, 1.807) is 7.11 Å². The van der Waals surface area contributed by atoms with Crippen LogP contribution in [-0.4, -0.2) is 28.9 Å². The smallest absolute Gasteiger partial charge is 0.222 e. The molecule has 2 aromatic rings. The molecule has 1 amide bonds. The number of nitrogens with one attached hydrogen (secondary N) is 1. The van der Waals surface area contributed by atoms with Crippen LogP contribution < -0.4 is 10.1 Å². The molecule has 2 aromatic heterocycles. The van der Waals surface area contributed by atoms with Gasteiger partial charge in [-0.2, -0.15) is 0 Å². The molecule has 0 fully saturated rings. The molecule has 0 saturated carbocycles. The molecule has 1 N–H and O–H groups in total. The lowest BCUT2D eigenvalue weighted by Gasteiger charge is -2.05. The van der Waals surface area contributed by atoms with Crippen LogP contribution in [0.25, 0.3) is 5.65 Å². The zero-order chi connectivity index (χ0) is 13.8. The Hall–Kier alpha value is -2.04. The molecular weight excluding hydrogens is 242 g/mol. The number of aromatic nitrogens is 2. The summed E-state index contributed by atoms with van der Waals surface area (Å²) in [5.41, 5.74) is 1.74. The zero-order valence-electron chi connectivity index (χ0n) is 11.5. The van der Waals surface area contributed by atoms with Gasteiger partial charge in [0.2, 0.25) is 5.91 Å². The van der Waals surface area contributed by atoms with Crippen molar-refractivity contribution in [3.8, 4) is 5.75 Å². The van der Waals surface area contributed by atoms with E-state index in [4.69, 9.17) is 4.74 Å². The second-order valence-electron chi connectivity index (χ2n) is 4.74. The van der Waals surface area contributed by atoms with Crippen LogP contribution in [-0.2, 0) is 11.2 Å². The van der Waals surface area contributed by atoms with Gasteiger partial charge >= 0.3 is 0 Å². The molecule has 102 valence electrons. The summed E-state index contributed by atoms with van der Waals surface area (Å²) in [6.45, 7) is 4.36. The second-order valence-corrected chi connectivity index (χ2v) is 4.74. The molecule has 2 heterocycles. The average Bonchev–Trinajstić information content (AvgIpc) is 2.80. The molecule has 0 aliphatic heterocycles. The number of fused-ring (bicyclic) bond motifs is 1. The standard InChI is InChI=1S/C14H19N3O2/c1-10(2)14(18)15-7-6-11-9-17-8-4-5-12(19-3)13(17)16-11/h4-5,8-10H,6-7H2,1-3H3,(H,15,18). The normalized spacial score (nSPS) is 10.9. The predicted molar refractivity (Wildman–Crippen MR) is 73.3 cm³/mol. The quantitative estimate of drug-likeness (QED) is 0.890. The number of rotatable bonds is 5. The molecule has 0 aliphatic rings. The maximum absolute atomic E-state index is 11.4. The second kappa shape index (κ2) is 5.73. The average molecular weight is 261 g/mol. The molecule has 0 saturated heterocycles. The molecule has 5 nitrogen and oxygen atoms in total. The van der Waals surface area contributed by atoms with Crippen LogP contribution in [0.15, 0.2) is 24.5 Å². The van der Waals surface area contributed by atoms with Gasteiger partial charge < -0.3 is 14.5 Å². The summed E-state index contributed by atoms with van der Waals surface area (Å²) in [5, 5.41) is 2.88. The van der Waals surface area contributed by atoms with Gasteiger partial charge in [0, 0.05) is 31.3 Å². The van der Waals surface area contributed by atoms with E-state index in [1.807, 2.05) is 42.8 Å². The number of amides is 1. The van der Waals surface area contributed by atoms with Crippen LogP contribution in [0.4, 0.5) is 0 Å². The van der Waals surface area contributed by atoms with Gasteiger partial charge in [-0.1, -0.05) is 13.8 Å². The Morgan fingerprint density at radius 1 is 1.53 bits per heavy atom. The van der Waals surface area contributed by atoms with Crippen molar-refractivity contribution in [1.82, 2.24) is 14.7 Å². The number of pyridine rings is 1. The van der Waals surface area contributed by atoms with Crippen molar-refractivity contribution in [1.29, 1.82) is 0 Å². The third-order valence-corrected chi connectivity index (χ3v) is 2.92. The zero-order valence-corrected chi connectivity index (χ0v) is 11.5. The van der Waals surface area contributed by atoms with Crippen molar-refractivity contribution < 1.29 is 9.53 Å². The Balaban J connectivity index is 2.04. The molecule has 0 spiro atoms. The van der Waals surface area contributed by atoms with E-state index in [0.717, 1.165) is 17.1 Å². The van der Waals surface area contributed by atoms with Gasteiger partial charge in [0.15, 0.2) is 11.4 Å². The summed E-state index contributed by atoms with van der Waals surface area (Å²) in [7, 11) is 1.63. The number of hydrogen-bond donors (Lipinski definition) is 1. The molecule has 0 unspecified atom stereocenters. The topological polar surface area (TPSA) is 55.6 Å². The lowest BCUT2D eigenvalue weighted by Crippen LogP contribution is -2.29. The van der Waals surface area contributed by atoms with Gasteiger partial charge in [-0.15, -0.1) is 0 Å². The van der Waals surface area contributed by atoms with Gasteiger partial charge in [0.1, 0.15) is 0 Å². The van der Waals surface area contributed by atoms with Crippen molar-refractivity contribution in [3.63, 3.8) is 0 Å². The van der Waals surface area contributed by atoms with Crippen molar-refractivity contribution >= 4 is 11.6 Å². The Morgan fingerprint density at radius 2 is 2.32 bits per heavy atom. The van der Waals surface area contributed by atoms with Crippen LogP contribution in [0.2, 0.25) is 0 Å². The fourth-order valence-electron chi connectivity index (χ4n) is 1.84. The fourth-order valence-corrected chi connectivity index (χ4v) is 1.84. The summed E-state index contributed by atoms with van der Waals surface area (Å²) >= 11 is 0. The third-order valence-electron chi connectivity index (χ3n) is 2.92. The maximum atomic E-state index is 11.4. The van der Waals surface area contributed by atoms with E-state index in [1.165, 1.54) is 0 Å². The Kier molecular flexibility index (Phi) is 4.04. The van der Waals surface area contributed by atoms with Crippen LogP contribution >= 0.6 is 0 Å². The van der Waals surface area contributed by atoms with E-state index in [0.29, 0.717) is 13.0 Å². The monoisotopic (exact) mass is 261 g/mol. The number of carbonyl (C=O) groups excluding carboxylic acids is 1. The number of methoxy groups -OCH3 is 1. The van der Waals surface area contributed by atoms with E-state index < -0.39 is 0 Å². The minimum absolute atomic E-state index is 0.0150. The first-order valence-corrected chi connectivity index (χ1v) is 6.40. The number of imidazole rings is 1. The lowest BCUT2D eigenvalue weighted by atomic mass is 10.2. The highest BCUT2D eigenvalue weighted by Gasteiger charge is 2.08. The number of ether oxygens (including phenoxy) is 1. The van der Waals surface area contributed by atoms with Crippen molar-refractivity contribution in [2.75, 3.05) is 13.7 Å². The summed E-state index contributed by atoms with van der Waals surface area (Å²) in [5.74, 6) is 0.836. The highest BCUT2D eigenvalue weighted by molar-refractivity contribution is 5.77. The van der Waals surface area contributed by atoms with E-state index >= 15 is 0 Å². The van der Waals surface area contributed by atoms with Crippen LogP contribution in [0, 0.1) is 5.92 Å². The first-order valence-electron chi connectivity index (χ1n) is 6.40. The van der Waals surface area contributed by atoms with E-state index in [9.17, 15) is 4.79 Å². The lowest BCUT2D eigenvalue weighted by molar-refractivity contribution is -0.123. The Bertz CT molecular complexity index is 575. The SMILES string of the molecule is COc1cccn2cc(CCNC(=O)C(C)C)nc12. The molecule has 0 aromatic carbocycles. The molecule has 19 heavy (non-hydrogen) atoms. The number of nitrogens with zero attached hydrogens (tertiary/aromatic N) is 2. The summed E-state index contributed by atoms with van der Waals surface area (Å²) < 4.78 is 7.19. The summed E-state index contributed by atoms with van der Waals surface area (Å²) in [6, 6.07) is 3.80. The highest BCUT2D eigenvalue weighted by Crippen LogP contribution is 2.18. The largest absolute Gasteiger partial charge is 0.493 e. The molecule has 0 atom stereocenters. The van der Waals surface area contributed by atoms with Gasteiger partial charge in [0.25, 0.3) is 0 Å². The van der Waals surface area contributed by atoms with Crippen molar-refractivity contribution in [3.05, 3.63) is 30.2 Å². The van der Waals surface area contributed by atoms with Crippen LogP contribution in [0.5, 0.6) is 5.75 Å². The molecule has 0 bridgehead atoms. The van der Waals surface area contributed by atoms with Crippen LogP contribution in [0.1, 0.15) is 19.5 Å². The molecule has 5 heteroatoms. The van der Waals surface area contributed by atoms with E-state index in [-0.39, 0.29) is 11.8 Å². The first kappa shape index (κ1) is 13.4. The van der Waals surface area contributed by atoms with Gasteiger partial charge in [-0.3, -0.25) is 4.79 Å². The van der Waals surface area contributed by atoms with Gasteiger partial charge in [-0.05, 0) is 12.1 Å². The maximum Gasteiger partial charge on any atom is 0.222 e. The molecule has 0 radical (unpaired) electrons. The highest BCUT2D eigenvalue weighted by atomic mass is 16.5. The third kappa shape index (κ3) is 3.05. The molecule has 2 rings (SSSR count). The predicted octanol–water partition coefficient (Wildman–Crippen LogP) is 1.66. The Morgan fingerprint density at radius 3 is 3.00 bits per heavy atom. The minimum atomic E-state index is 0.0150. The Labute approximate surface area is 112 Å². The number of carbonyl (C=O) groups is 1. The summed E-state index contributed by atoms with van der Waals surface area (Å²) in [6.07, 6.45) is 4.60. The van der Waals surface area contributed by atoms with Crippen LogP contribution in [0.3, 0.4) is 0 Å². The number of hydrogen-bond acceptors (Lipinski definition) is 3. The van der Waals surface area contributed by atoms with Crippen molar-refractivity contribution in [2.24, 2.45) is 5.92 Å². The van der Waals surface area contributed by atoms with Gasteiger partial charge in [0.05, 0.1) is 12.8 Å². The van der Waals surface area contributed by atoms with Gasteiger partial charge in [-0.25, -0.2) is 4.98 Å². The fraction of sp³-hybridized carbons (Fsp3) is 0.429. The molecule has 0 aliphatic carbocycles. The van der Waals surface area contributed by atoms with Crippen molar-refractivity contribution in [2.45, 2.75) is 20.3 Å². The summed E-state index contributed by atoms with van der Waals surface area (Å²) in [4.78, 5) is 16.0.